The molecule has 26 heavy (non-hydrogen) atoms. The maximum absolute atomic E-state index is 4.22. The third-order valence-corrected chi connectivity index (χ3v) is 5.85. The van der Waals surface area contributed by atoms with Gasteiger partial charge in [0, 0.05) is 43.2 Å². The van der Waals surface area contributed by atoms with Gasteiger partial charge in [0.1, 0.15) is 0 Å². The summed E-state index contributed by atoms with van der Waals surface area (Å²) in [4.78, 5) is 4.97. The Morgan fingerprint density at radius 3 is 2.77 bits per heavy atom. The summed E-state index contributed by atoms with van der Waals surface area (Å²) in [7, 11) is 2.23. The van der Waals surface area contributed by atoms with Crippen LogP contribution in [0.15, 0.2) is 48.7 Å². The zero-order valence-corrected chi connectivity index (χ0v) is 15.2. The van der Waals surface area contributed by atoms with Crippen LogP contribution in [0.5, 0.6) is 0 Å². The summed E-state index contributed by atoms with van der Waals surface area (Å²) in [5.41, 5.74) is 6.68. The molecule has 2 aromatic carbocycles. The Bertz CT molecular complexity index is 946. The minimum absolute atomic E-state index is 0.411. The predicted molar refractivity (Wildman–Crippen MR) is 106 cm³/mol. The predicted octanol–water partition coefficient (Wildman–Crippen LogP) is 3.81. The van der Waals surface area contributed by atoms with Crippen molar-refractivity contribution in [2.24, 2.45) is 0 Å². The van der Waals surface area contributed by atoms with Gasteiger partial charge >= 0.3 is 0 Å². The molecular weight excluding hydrogens is 320 g/mol. The molecule has 1 saturated heterocycles. The van der Waals surface area contributed by atoms with Crippen LogP contribution in [0.25, 0.3) is 10.9 Å². The van der Waals surface area contributed by atoms with Crippen LogP contribution in [-0.2, 0) is 6.54 Å². The minimum Gasteiger partial charge on any atom is -0.372 e. The van der Waals surface area contributed by atoms with E-state index in [9.17, 15) is 0 Å². The van der Waals surface area contributed by atoms with Crippen LogP contribution >= 0.6 is 0 Å². The maximum atomic E-state index is 4.22. The van der Waals surface area contributed by atoms with Crippen LogP contribution < -0.4 is 4.90 Å². The molecule has 2 aliphatic rings. The fourth-order valence-electron chi connectivity index (χ4n) is 4.51. The van der Waals surface area contributed by atoms with E-state index in [1.165, 1.54) is 53.7 Å². The standard InChI is InChI=1S/C22H24N4/c1-25-14-18-13-19(26-10-2-3-11-26)5-6-20(18)21(15-25)16-4-7-22-17(12-16)8-9-23-24-22/h4-9,12-13,21H,2-3,10-11,14-15H2,1H3. The van der Waals surface area contributed by atoms with Crippen molar-refractivity contribution in [3.63, 3.8) is 0 Å². The van der Waals surface area contributed by atoms with E-state index in [0.29, 0.717) is 5.92 Å². The van der Waals surface area contributed by atoms with E-state index < -0.39 is 0 Å². The molecule has 4 heteroatoms. The number of anilines is 1. The zero-order valence-electron chi connectivity index (χ0n) is 15.2. The Kier molecular flexibility index (Phi) is 3.86. The van der Waals surface area contributed by atoms with Gasteiger partial charge in [-0.05, 0) is 66.9 Å². The Morgan fingerprint density at radius 2 is 1.88 bits per heavy atom. The number of hydrogen-bond donors (Lipinski definition) is 0. The van der Waals surface area contributed by atoms with Crippen molar-refractivity contribution >= 4 is 16.6 Å². The molecule has 3 aromatic rings. The zero-order chi connectivity index (χ0) is 17.5. The first-order valence-corrected chi connectivity index (χ1v) is 9.55. The van der Waals surface area contributed by atoms with Crippen LogP contribution in [0.1, 0.15) is 35.4 Å². The van der Waals surface area contributed by atoms with E-state index in [-0.39, 0.29) is 0 Å². The fraction of sp³-hybridized carbons (Fsp3) is 0.364. The fourth-order valence-corrected chi connectivity index (χ4v) is 4.51. The summed E-state index contributed by atoms with van der Waals surface area (Å²) in [5, 5.41) is 9.37. The van der Waals surface area contributed by atoms with Crippen molar-refractivity contribution in [1.29, 1.82) is 0 Å². The molecule has 0 amide bonds. The lowest BCUT2D eigenvalue weighted by Gasteiger charge is -2.33. The molecule has 0 saturated carbocycles. The highest BCUT2D eigenvalue weighted by molar-refractivity contribution is 5.78. The van der Waals surface area contributed by atoms with Crippen LogP contribution in [0.2, 0.25) is 0 Å². The second-order valence-electron chi connectivity index (χ2n) is 7.68. The first kappa shape index (κ1) is 15.8. The Hall–Kier alpha value is -2.46. The molecule has 0 spiro atoms. The summed E-state index contributed by atoms with van der Waals surface area (Å²) in [6, 6.07) is 15.8. The summed E-state index contributed by atoms with van der Waals surface area (Å²) in [6.45, 7) is 4.49. The SMILES string of the molecule is CN1Cc2cc(N3CCCC3)ccc2C(c2ccc3nnccc3c2)C1. The maximum Gasteiger partial charge on any atom is 0.0929 e. The summed E-state index contributed by atoms with van der Waals surface area (Å²) >= 11 is 0. The number of rotatable bonds is 2. The third kappa shape index (κ3) is 2.74. The van der Waals surface area contributed by atoms with Gasteiger partial charge in [0.05, 0.1) is 11.7 Å². The van der Waals surface area contributed by atoms with Crippen molar-refractivity contribution in [2.75, 3.05) is 31.6 Å². The lowest BCUT2D eigenvalue weighted by Crippen LogP contribution is -2.31. The van der Waals surface area contributed by atoms with Gasteiger partial charge in [-0.3, -0.25) is 0 Å². The number of likely N-dealkylation sites (N-methyl/N-ethyl adjacent to an activating group) is 1. The molecule has 2 aliphatic heterocycles. The Labute approximate surface area is 154 Å². The molecule has 1 aromatic heterocycles. The quantitative estimate of drug-likeness (QED) is 0.708. The highest BCUT2D eigenvalue weighted by Gasteiger charge is 2.26. The van der Waals surface area contributed by atoms with Gasteiger partial charge in [-0.1, -0.05) is 12.1 Å². The Morgan fingerprint density at radius 1 is 1.00 bits per heavy atom. The van der Waals surface area contributed by atoms with Crippen LogP contribution in [0.4, 0.5) is 5.69 Å². The smallest absolute Gasteiger partial charge is 0.0929 e. The molecule has 4 nitrogen and oxygen atoms in total. The summed E-state index contributed by atoms with van der Waals surface area (Å²) < 4.78 is 0. The summed E-state index contributed by atoms with van der Waals surface area (Å²) in [5.74, 6) is 0.411. The molecule has 132 valence electrons. The van der Waals surface area contributed by atoms with Crippen molar-refractivity contribution < 1.29 is 0 Å². The van der Waals surface area contributed by atoms with Crippen molar-refractivity contribution in [1.82, 2.24) is 15.1 Å². The highest BCUT2D eigenvalue weighted by atomic mass is 15.1. The normalized spacial score (nSPS) is 20.5. The molecule has 5 rings (SSSR count). The van der Waals surface area contributed by atoms with E-state index in [4.69, 9.17) is 0 Å². The number of aromatic nitrogens is 2. The first-order valence-electron chi connectivity index (χ1n) is 9.55. The summed E-state index contributed by atoms with van der Waals surface area (Å²) in [6.07, 6.45) is 4.41. The van der Waals surface area contributed by atoms with Gasteiger partial charge in [0.25, 0.3) is 0 Å². The molecule has 3 heterocycles. The van der Waals surface area contributed by atoms with Crippen LogP contribution in [0.3, 0.4) is 0 Å². The average Bonchev–Trinajstić information content (AvgIpc) is 3.21. The van der Waals surface area contributed by atoms with Gasteiger partial charge in [-0.15, -0.1) is 0 Å². The van der Waals surface area contributed by atoms with Crippen LogP contribution in [-0.4, -0.2) is 41.8 Å². The molecule has 1 unspecified atom stereocenters. The second kappa shape index (κ2) is 6.36. The number of nitrogens with zero attached hydrogens (tertiary/aromatic N) is 4. The molecular formula is C22H24N4. The number of hydrogen-bond acceptors (Lipinski definition) is 4. The van der Waals surface area contributed by atoms with E-state index in [1.807, 2.05) is 0 Å². The first-order chi connectivity index (χ1) is 12.8. The van der Waals surface area contributed by atoms with Crippen molar-refractivity contribution in [2.45, 2.75) is 25.3 Å². The van der Waals surface area contributed by atoms with Crippen LogP contribution in [0, 0.1) is 0 Å². The molecule has 1 fully saturated rings. The molecule has 0 bridgehead atoms. The largest absolute Gasteiger partial charge is 0.372 e. The molecule has 1 atom stereocenters. The lowest BCUT2D eigenvalue weighted by atomic mass is 9.84. The van der Waals surface area contributed by atoms with E-state index in [2.05, 4.69) is 69.5 Å². The lowest BCUT2D eigenvalue weighted by molar-refractivity contribution is 0.295. The average molecular weight is 344 g/mol. The van der Waals surface area contributed by atoms with Gasteiger partial charge in [0.15, 0.2) is 0 Å². The molecule has 0 radical (unpaired) electrons. The monoisotopic (exact) mass is 344 g/mol. The number of fused-ring (bicyclic) bond motifs is 2. The van der Waals surface area contributed by atoms with Crippen molar-refractivity contribution in [3.8, 4) is 0 Å². The van der Waals surface area contributed by atoms with Gasteiger partial charge < -0.3 is 9.80 Å². The molecule has 0 N–H and O–H groups in total. The van der Waals surface area contributed by atoms with Crippen molar-refractivity contribution in [3.05, 3.63) is 65.4 Å². The van der Waals surface area contributed by atoms with E-state index in [1.54, 1.807) is 6.20 Å². The van der Waals surface area contributed by atoms with E-state index in [0.717, 1.165) is 18.6 Å². The Balaban J connectivity index is 1.55. The van der Waals surface area contributed by atoms with E-state index >= 15 is 0 Å². The van der Waals surface area contributed by atoms with Gasteiger partial charge in [0.2, 0.25) is 0 Å². The number of benzene rings is 2. The molecule has 0 aliphatic carbocycles. The topological polar surface area (TPSA) is 32.3 Å². The third-order valence-electron chi connectivity index (χ3n) is 5.85. The van der Waals surface area contributed by atoms with Gasteiger partial charge in [-0.25, -0.2) is 0 Å². The minimum atomic E-state index is 0.411. The van der Waals surface area contributed by atoms with Gasteiger partial charge in [-0.2, -0.15) is 10.2 Å². The highest BCUT2D eigenvalue weighted by Crippen LogP contribution is 2.36. The second-order valence-corrected chi connectivity index (χ2v) is 7.68.